The molecule has 0 aromatic heterocycles. The lowest BCUT2D eigenvalue weighted by atomic mass is 9.92. The molecule has 11 heteroatoms. The van der Waals surface area contributed by atoms with Gasteiger partial charge < -0.3 is 10.2 Å². The molecule has 1 atom stereocenters. The molecule has 0 bridgehead atoms. The first-order valence-corrected chi connectivity index (χ1v) is 11.8. The molecule has 174 valence electrons. The number of halogens is 1. The maximum absolute atomic E-state index is 14.0. The summed E-state index contributed by atoms with van der Waals surface area (Å²) in [5, 5.41) is 2.65. The maximum atomic E-state index is 14.0. The molecule has 0 unspecified atom stereocenters. The molecule has 33 heavy (non-hydrogen) atoms. The minimum atomic E-state index is -4.04. The maximum Gasteiger partial charge on any atom is 0.325 e. The molecule has 2 aromatic rings. The minimum absolute atomic E-state index is 0.0235. The van der Waals surface area contributed by atoms with Crippen molar-refractivity contribution in [2.24, 2.45) is 0 Å². The van der Waals surface area contributed by atoms with Crippen molar-refractivity contribution < 1.29 is 27.2 Å². The lowest BCUT2D eigenvalue weighted by molar-refractivity contribution is -0.139. The van der Waals surface area contributed by atoms with Crippen LogP contribution in [0.25, 0.3) is 0 Å². The largest absolute Gasteiger partial charge is 0.338 e. The molecule has 2 saturated heterocycles. The van der Waals surface area contributed by atoms with Gasteiger partial charge >= 0.3 is 6.03 Å². The Bertz CT molecular complexity index is 1200. The van der Waals surface area contributed by atoms with Gasteiger partial charge in [-0.05, 0) is 24.6 Å². The Morgan fingerprint density at radius 3 is 2.24 bits per heavy atom. The summed E-state index contributed by atoms with van der Waals surface area (Å²) in [5.41, 5.74) is -0.671. The van der Waals surface area contributed by atoms with Crippen LogP contribution in [0.1, 0.15) is 12.5 Å². The van der Waals surface area contributed by atoms with E-state index in [0.717, 1.165) is 15.3 Å². The Labute approximate surface area is 190 Å². The molecule has 2 heterocycles. The zero-order valence-electron chi connectivity index (χ0n) is 17.9. The van der Waals surface area contributed by atoms with Gasteiger partial charge in [0.05, 0.1) is 0 Å². The highest BCUT2D eigenvalue weighted by Crippen LogP contribution is 2.28. The van der Waals surface area contributed by atoms with Crippen LogP contribution < -0.4 is 5.32 Å². The highest BCUT2D eigenvalue weighted by molar-refractivity contribution is 7.89. The number of rotatable bonds is 5. The average Bonchev–Trinajstić information content (AvgIpc) is 3.03. The third kappa shape index (κ3) is 4.09. The third-order valence-electron chi connectivity index (χ3n) is 5.97. The monoisotopic (exact) mass is 474 g/mol. The van der Waals surface area contributed by atoms with Crippen LogP contribution in [-0.2, 0) is 25.2 Å². The van der Waals surface area contributed by atoms with Gasteiger partial charge in [-0.3, -0.25) is 14.5 Å². The second-order valence-electron chi connectivity index (χ2n) is 8.03. The van der Waals surface area contributed by atoms with Crippen LogP contribution in [0.3, 0.4) is 0 Å². The Morgan fingerprint density at radius 1 is 1.00 bits per heavy atom. The van der Waals surface area contributed by atoms with Crippen molar-refractivity contribution >= 4 is 27.9 Å². The lowest BCUT2D eigenvalue weighted by Crippen LogP contribution is -2.53. The van der Waals surface area contributed by atoms with E-state index in [-0.39, 0.29) is 26.2 Å². The van der Waals surface area contributed by atoms with Gasteiger partial charge in [-0.15, -0.1) is 0 Å². The number of carbonyl (C=O) groups excluding carboxylic acids is 3. The van der Waals surface area contributed by atoms with Gasteiger partial charge in [-0.2, -0.15) is 4.31 Å². The summed E-state index contributed by atoms with van der Waals surface area (Å²) in [4.78, 5) is 40.1. The van der Waals surface area contributed by atoms with Crippen molar-refractivity contribution in [3.05, 3.63) is 66.0 Å². The predicted octanol–water partition coefficient (Wildman–Crippen LogP) is 1.13. The number of benzene rings is 2. The third-order valence-corrected chi connectivity index (χ3v) is 7.90. The predicted molar refractivity (Wildman–Crippen MR) is 116 cm³/mol. The van der Waals surface area contributed by atoms with E-state index in [1.807, 2.05) is 0 Å². The molecule has 4 rings (SSSR count). The van der Waals surface area contributed by atoms with Crippen LogP contribution in [0, 0.1) is 5.82 Å². The van der Waals surface area contributed by atoms with Crippen molar-refractivity contribution in [3.8, 4) is 0 Å². The second-order valence-corrected chi connectivity index (χ2v) is 9.93. The van der Waals surface area contributed by atoms with E-state index in [1.54, 1.807) is 37.3 Å². The van der Waals surface area contributed by atoms with E-state index in [9.17, 15) is 27.2 Å². The van der Waals surface area contributed by atoms with Gasteiger partial charge in [-0.25, -0.2) is 17.6 Å². The van der Waals surface area contributed by atoms with E-state index < -0.39 is 50.7 Å². The molecule has 2 aliphatic heterocycles. The topological polar surface area (TPSA) is 107 Å². The summed E-state index contributed by atoms with van der Waals surface area (Å²) < 4.78 is 40.6. The van der Waals surface area contributed by atoms with Gasteiger partial charge in [0, 0.05) is 26.2 Å². The van der Waals surface area contributed by atoms with E-state index in [4.69, 9.17) is 0 Å². The lowest BCUT2D eigenvalue weighted by Gasteiger charge is -2.34. The number of hydrogen-bond donors (Lipinski definition) is 1. The number of imide groups is 1. The Morgan fingerprint density at radius 2 is 1.61 bits per heavy atom. The zero-order chi connectivity index (χ0) is 23.8. The second kappa shape index (κ2) is 8.56. The van der Waals surface area contributed by atoms with Crippen LogP contribution in [-0.4, -0.2) is 73.1 Å². The molecule has 4 amide bonds. The molecule has 9 nitrogen and oxygen atoms in total. The first-order chi connectivity index (χ1) is 15.6. The van der Waals surface area contributed by atoms with Crippen LogP contribution >= 0.6 is 0 Å². The number of urea groups is 1. The molecule has 2 aliphatic rings. The zero-order valence-corrected chi connectivity index (χ0v) is 18.7. The van der Waals surface area contributed by atoms with E-state index in [2.05, 4.69) is 5.32 Å². The fourth-order valence-corrected chi connectivity index (χ4v) is 5.50. The fraction of sp³-hybridized carbons (Fsp3) is 0.318. The highest BCUT2D eigenvalue weighted by atomic mass is 32.2. The minimum Gasteiger partial charge on any atom is -0.338 e. The van der Waals surface area contributed by atoms with E-state index in [1.165, 1.54) is 23.1 Å². The number of carbonyl (C=O) groups is 3. The van der Waals surface area contributed by atoms with Gasteiger partial charge in [0.15, 0.2) is 0 Å². The number of nitrogens with one attached hydrogen (secondary N) is 1. The Hall–Kier alpha value is -3.31. The molecule has 2 aromatic carbocycles. The van der Waals surface area contributed by atoms with Crippen molar-refractivity contribution in [3.63, 3.8) is 0 Å². The molecule has 0 spiro atoms. The van der Waals surface area contributed by atoms with Crippen LogP contribution in [0.4, 0.5) is 9.18 Å². The SMILES string of the molecule is C[C@@]1(c2ccccc2)NC(=O)N(CC(=O)N2CCN(S(=O)(=O)c3ccccc3F)CC2)C1=O. The van der Waals surface area contributed by atoms with E-state index >= 15 is 0 Å². The summed E-state index contributed by atoms with van der Waals surface area (Å²) in [7, 11) is -4.04. The van der Waals surface area contributed by atoms with Crippen LogP contribution in [0.5, 0.6) is 0 Å². The van der Waals surface area contributed by atoms with Crippen molar-refractivity contribution in [2.75, 3.05) is 32.7 Å². The van der Waals surface area contributed by atoms with Crippen molar-refractivity contribution in [2.45, 2.75) is 17.4 Å². The number of sulfonamides is 1. The van der Waals surface area contributed by atoms with Crippen molar-refractivity contribution in [1.29, 1.82) is 0 Å². The smallest absolute Gasteiger partial charge is 0.325 e. The molecule has 1 N–H and O–H groups in total. The molecular formula is C22H23FN4O5S. The Balaban J connectivity index is 1.40. The quantitative estimate of drug-likeness (QED) is 0.654. The van der Waals surface area contributed by atoms with E-state index in [0.29, 0.717) is 5.56 Å². The number of piperazine rings is 1. The summed E-state index contributed by atoms with van der Waals surface area (Å²) in [6.45, 7) is 1.21. The van der Waals surface area contributed by atoms with Gasteiger partial charge in [0.25, 0.3) is 5.91 Å². The first-order valence-electron chi connectivity index (χ1n) is 10.4. The number of amides is 4. The molecule has 0 radical (unpaired) electrons. The molecule has 0 aliphatic carbocycles. The van der Waals surface area contributed by atoms with Gasteiger partial charge in [0.1, 0.15) is 22.8 Å². The molecule has 2 fully saturated rings. The molecular weight excluding hydrogens is 451 g/mol. The van der Waals surface area contributed by atoms with Gasteiger partial charge in [-0.1, -0.05) is 42.5 Å². The average molecular weight is 475 g/mol. The number of hydrogen-bond acceptors (Lipinski definition) is 5. The number of nitrogens with zero attached hydrogens (tertiary/aromatic N) is 3. The normalized spacial score (nSPS) is 21.9. The Kier molecular flexibility index (Phi) is 5.93. The van der Waals surface area contributed by atoms with Crippen LogP contribution in [0.15, 0.2) is 59.5 Å². The van der Waals surface area contributed by atoms with Crippen LogP contribution in [0.2, 0.25) is 0 Å². The van der Waals surface area contributed by atoms with Crippen molar-refractivity contribution in [1.82, 2.24) is 19.4 Å². The summed E-state index contributed by atoms with van der Waals surface area (Å²) in [5.74, 6) is -1.84. The van der Waals surface area contributed by atoms with Gasteiger partial charge in [0.2, 0.25) is 15.9 Å². The molecule has 0 saturated carbocycles. The highest BCUT2D eigenvalue weighted by Gasteiger charge is 2.49. The standard InChI is InChI=1S/C22H23FN4O5S/c1-22(16-7-3-2-4-8-16)20(29)27(21(30)24-22)15-19(28)25-11-13-26(14-12-25)33(31,32)18-10-6-5-9-17(18)23/h2-10H,11-15H2,1H3,(H,24,30)/t22-/m0/s1. The summed E-state index contributed by atoms with van der Waals surface area (Å²) >= 11 is 0. The fourth-order valence-electron chi connectivity index (χ4n) is 4.01. The first kappa shape index (κ1) is 22.9. The summed E-state index contributed by atoms with van der Waals surface area (Å²) in [6, 6.07) is 13.2. The summed E-state index contributed by atoms with van der Waals surface area (Å²) in [6.07, 6.45) is 0.